The van der Waals surface area contributed by atoms with Gasteiger partial charge in [0.25, 0.3) is 0 Å². The number of hydrogen-bond donors (Lipinski definition) is 4. The Morgan fingerprint density at radius 2 is 1.10 bits per heavy atom. The molecule has 280 valence electrons. The van der Waals surface area contributed by atoms with Crippen LogP contribution in [0, 0.1) is 0 Å². The van der Waals surface area contributed by atoms with Gasteiger partial charge in [0.05, 0.1) is 25.4 Å². The van der Waals surface area contributed by atoms with Crippen LogP contribution in [0.5, 0.6) is 0 Å². The van der Waals surface area contributed by atoms with Crippen LogP contribution in [0.15, 0.2) is 48.6 Å². The van der Waals surface area contributed by atoms with E-state index in [4.69, 9.17) is 14.8 Å². The minimum atomic E-state index is -4.35. The van der Waals surface area contributed by atoms with Gasteiger partial charge in [-0.15, -0.1) is 0 Å². The summed E-state index contributed by atoms with van der Waals surface area (Å²) in [6.45, 7) is 4.04. The number of allylic oxidation sites excluding steroid dienone is 7. The summed E-state index contributed by atoms with van der Waals surface area (Å²) in [6.07, 6.45) is 41.6. The summed E-state index contributed by atoms with van der Waals surface area (Å²) in [5.41, 5.74) is 5.35. The second-order valence-corrected chi connectivity index (χ2v) is 14.2. The van der Waals surface area contributed by atoms with E-state index in [1.54, 1.807) is 6.08 Å². The second-order valence-electron chi connectivity index (χ2n) is 12.8. The van der Waals surface area contributed by atoms with E-state index in [1.807, 2.05) is 6.08 Å². The average molecular weight is 697 g/mol. The van der Waals surface area contributed by atoms with Gasteiger partial charge in [0, 0.05) is 13.0 Å². The molecule has 0 saturated heterocycles. The Hall–Kier alpha value is -1.54. The summed E-state index contributed by atoms with van der Waals surface area (Å²) in [7, 11) is -4.35. The first kappa shape index (κ1) is 46.5. The topological polar surface area (TPSA) is 131 Å². The zero-order chi connectivity index (χ0) is 35.4. The number of aliphatic hydroxyl groups excluding tert-OH is 1. The number of carbonyl (C=O) groups is 1. The number of nitrogens with two attached hydrogens (primary N) is 1. The van der Waals surface area contributed by atoms with Crippen LogP contribution in [0.3, 0.4) is 0 Å². The van der Waals surface area contributed by atoms with Crippen LogP contribution in [0.2, 0.25) is 0 Å². The van der Waals surface area contributed by atoms with Crippen molar-refractivity contribution in [2.45, 2.75) is 174 Å². The molecule has 3 unspecified atom stereocenters. The average Bonchev–Trinajstić information content (AvgIpc) is 3.07. The first-order valence-corrected chi connectivity index (χ1v) is 20.8. The Morgan fingerprint density at radius 1 is 0.667 bits per heavy atom. The number of nitrogens with one attached hydrogen (secondary N) is 1. The molecule has 3 atom stereocenters. The Kier molecular flexibility index (Phi) is 34.2. The fraction of sp³-hybridized carbons (Fsp3) is 0.769. The largest absolute Gasteiger partial charge is 0.472 e. The van der Waals surface area contributed by atoms with Crippen molar-refractivity contribution in [3.05, 3.63) is 48.6 Å². The van der Waals surface area contributed by atoms with Gasteiger partial charge in [-0.1, -0.05) is 133 Å². The van der Waals surface area contributed by atoms with E-state index >= 15 is 0 Å². The van der Waals surface area contributed by atoms with E-state index in [2.05, 4.69) is 55.6 Å². The summed E-state index contributed by atoms with van der Waals surface area (Å²) in [6, 6.07) is -0.886. The molecule has 0 spiro atoms. The van der Waals surface area contributed by atoms with Crippen molar-refractivity contribution < 1.29 is 28.4 Å². The number of unbranched alkanes of at least 4 members (excludes halogenated alkanes) is 17. The summed E-state index contributed by atoms with van der Waals surface area (Å²) >= 11 is 0. The molecule has 9 heteroatoms. The maximum Gasteiger partial charge on any atom is 0.472 e. The predicted molar refractivity (Wildman–Crippen MR) is 203 cm³/mol. The molecular weight excluding hydrogens is 623 g/mol. The van der Waals surface area contributed by atoms with E-state index in [-0.39, 0.29) is 25.7 Å². The third-order valence-corrected chi connectivity index (χ3v) is 9.09. The highest BCUT2D eigenvalue weighted by atomic mass is 31.2. The molecule has 5 N–H and O–H groups in total. The fourth-order valence-corrected chi connectivity index (χ4v) is 5.92. The second kappa shape index (κ2) is 35.3. The van der Waals surface area contributed by atoms with Crippen LogP contribution in [0.4, 0.5) is 0 Å². The molecular formula is C39H73N2O6P. The van der Waals surface area contributed by atoms with Crippen molar-refractivity contribution >= 4 is 13.7 Å². The predicted octanol–water partition coefficient (Wildman–Crippen LogP) is 10.2. The van der Waals surface area contributed by atoms with Crippen molar-refractivity contribution in [2.24, 2.45) is 5.73 Å². The van der Waals surface area contributed by atoms with Gasteiger partial charge in [-0.2, -0.15) is 0 Å². The normalized spacial score (nSPS) is 14.9. The van der Waals surface area contributed by atoms with Crippen LogP contribution >= 0.6 is 7.82 Å². The van der Waals surface area contributed by atoms with Crippen molar-refractivity contribution in [3.63, 3.8) is 0 Å². The highest BCUT2D eigenvalue weighted by Crippen LogP contribution is 2.43. The molecule has 0 aliphatic rings. The standard InChI is InChI=1S/C39H73N2O6P/c1-3-5-7-9-11-13-15-17-18-19-21-23-25-27-29-31-33-39(43)41-37(36-47-48(44,45)46-35-34-40)38(42)32-30-28-26-24-22-20-16-14-12-10-8-6-4-2/h12,14,18-19,22,24,30,32,37-38,42H,3-11,13,15-17,20-21,23,25-29,31,33-36,40H2,1-2H3,(H,41,43)(H,44,45)/b14-12+,19-18-,24-22+,32-30+. The van der Waals surface area contributed by atoms with Gasteiger partial charge in [0.15, 0.2) is 0 Å². The van der Waals surface area contributed by atoms with Crippen LogP contribution < -0.4 is 11.1 Å². The van der Waals surface area contributed by atoms with E-state index in [0.717, 1.165) is 70.6 Å². The number of phosphoric acid groups is 1. The summed E-state index contributed by atoms with van der Waals surface area (Å²) in [4.78, 5) is 22.6. The molecule has 1 amide bonds. The highest BCUT2D eigenvalue weighted by molar-refractivity contribution is 7.47. The van der Waals surface area contributed by atoms with Crippen LogP contribution in [0.25, 0.3) is 0 Å². The van der Waals surface area contributed by atoms with Gasteiger partial charge < -0.3 is 21.1 Å². The SMILES string of the molecule is CCCCC/C=C/CC/C=C/CC/C=C/C(O)C(COP(=O)(O)OCCN)NC(=O)CCCCCCC/C=C\CCCCCCCCC. The van der Waals surface area contributed by atoms with E-state index in [0.29, 0.717) is 6.42 Å². The summed E-state index contributed by atoms with van der Waals surface area (Å²) in [5, 5.41) is 13.6. The summed E-state index contributed by atoms with van der Waals surface area (Å²) in [5.74, 6) is -0.220. The highest BCUT2D eigenvalue weighted by Gasteiger charge is 2.26. The monoisotopic (exact) mass is 697 g/mol. The van der Waals surface area contributed by atoms with Crippen molar-refractivity contribution in [3.8, 4) is 0 Å². The third-order valence-electron chi connectivity index (χ3n) is 8.10. The molecule has 0 bridgehead atoms. The number of carbonyl (C=O) groups excluding carboxylic acids is 1. The molecule has 0 fully saturated rings. The van der Waals surface area contributed by atoms with Gasteiger partial charge in [-0.3, -0.25) is 13.8 Å². The fourth-order valence-electron chi connectivity index (χ4n) is 5.16. The Balaban J connectivity index is 4.38. The minimum absolute atomic E-state index is 0.0691. The number of rotatable bonds is 35. The van der Waals surface area contributed by atoms with Crippen LogP contribution in [0.1, 0.15) is 162 Å². The molecule has 0 aliphatic heterocycles. The lowest BCUT2D eigenvalue weighted by molar-refractivity contribution is -0.123. The van der Waals surface area contributed by atoms with E-state index in [1.165, 1.54) is 70.6 Å². The molecule has 8 nitrogen and oxygen atoms in total. The van der Waals surface area contributed by atoms with Crippen molar-refractivity contribution in [1.29, 1.82) is 0 Å². The van der Waals surface area contributed by atoms with Gasteiger partial charge in [0.1, 0.15) is 0 Å². The minimum Gasteiger partial charge on any atom is -0.387 e. The Bertz CT molecular complexity index is 892. The zero-order valence-electron chi connectivity index (χ0n) is 30.7. The lowest BCUT2D eigenvalue weighted by Gasteiger charge is -2.23. The molecule has 48 heavy (non-hydrogen) atoms. The molecule has 0 aromatic rings. The first-order chi connectivity index (χ1) is 23.4. The maximum absolute atomic E-state index is 12.7. The quantitative estimate of drug-likeness (QED) is 0.0295. The molecule has 0 heterocycles. The molecule has 0 saturated carbocycles. The first-order valence-electron chi connectivity index (χ1n) is 19.3. The Morgan fingerprint density at radius 3 is 1.65 bits per heavy atom. The Labute approximate surface area is 294 Å². The van der Waals surface area contributed by atoms with Crippen molar-refractivity contribution in [1.82, 2.24) is 5.32 Å². The number of amides is 1. The molecule has 0 radical (unpaired) electrons. The zero-order valence-corrected chi connectivity index (χ0v) is 31.6. The number of hydrogen-bond acceptors (Lipinski definition) is 6. The summed E-state index contributed by atoms with van der Waals surface area (Å²) < 4.78 is 22.0. The number of aliphatic hydroxyl groups is 1. The maximum atomic E-state index is 12.7. The lowest BCUT2D eigenvalue weighted by atomic mass is 10.1. The number of phosphoric ester groups is 1. The van der Waals surface area contributed by atoms with E-state index < -0.39 is 20.0 Å². The van der Waals surface area contributed by atoms with Gasteiger partial charge in [0.2, 0.25) is 5.91 Å². The van der Waals surface area contributed by atoms with Crippen LogP contribution in [-0.2, 0) is 18.4 Å². The van der Waals surface area contributed by atoms with E-state index in [9.17, 15) is 19.4 Å². The van der Waals surface area contributed by atoms with Crippen LogP contribution in [-0.4, -0.2) is 47.8 Å². The lowest BCUT2D eigenvalue weighted by Crippen LogP contribution is -2.45. The smallest absolute Gasteiger partial charge is 0.387 e. The molecule has 0 aromatic heterocycles. The molecule has 0 aliphatic carbocycles. The van der Waals surface area contributed by atoms with Crippen molar-refractivity contribution in [2.75, 3.05) is 19.8 Å². The molecule has 0 rings (SSSR count). The van der Waals surface area contributed by atoms with Gasteiger partial charge >= 0.3 is 7.82 Å². The van der Waals surface area contributed by atoms with Gasteiger partial charge in [-0.05, 0) is 70.6 Å². The molecule has 0 aromatic carbocycles. The van der Waals surface area contributed by atoms with Gasteiger partial charge in [-0.25, -0.2) is 4.57 Å². The third kappa shape index (κ3) is 33.0.